The van der Waals surface area contributed by atoms with Gasteiger partial charge in [0.1, 0.15) is 12.1 Å². The quantitative estimate of drug-likeness (QED) is 0.348. The molecule has 1 amide bonds. The third kappa shape index (κ3) is 6.09. The highest BCUT2D eigenvalue weighted by molar-refractivity contribution is 5.98. The van der Waals surface area contributed by atoms with Crippen LogP contribution in [-0.2, 0) is 23.8 Å². The van der Waals surface area contributed by atoms with E-state index < -0.39 is 23.9 Å². The number of benzene rings is 2. The molecule has 2 unspecified atom stereocenters. The highest BCUT2D eigenvalue weighted by Gasteiger charge is 2.32. The van der Waals surface area contributed by atoms with Gasteiger partial charge in [-0.25, -0.2) is 9.97 Å². The molecular formula is C27H29ClF3N5O2. The maximum absolute atomic E-state index is 13.5. The zero-order valence-electron chi connectivity index (χ0n) is 20.7. The average molecular weight is 548 g/mol. The Morgan fingerprint density at radius 3 is 2.63 bits per heavy atom. The van der Waals surface area contributed by atoms with E-state index in [1.807, 2.05) is 25.1 Å². The van der Waals surface area contributed by atoms with E-state index >= 15 is 0 Å². The van der Waals surface area contributed by atoms with Crippen molar-refractivity contribution in [3.8, 4) is 11.3 Å². The molecule has 0 saturated carbocycles. The van der Waals surface area contributed by atoms with Crippen LogP contribution in [0.2, 0.25) is 0 Å². The fraction of sp³-hybridized carbons (Fsp3) is 0.370. The molecule has 11 heteroatoms. The first-order valence-corrected chi connectivity index (χ1v) is 12.3. The SMILES string of the molecule is CC1CC[C@@H](C(=O)Nc2cc(C(F)(F)F)ccc2-c2cc(Nc3cccc4c3CC(O)CC4)ncn2)N1.Cl. The van der Waals surface area contributed by atoms with Crippen LogP contribution in [0.15, 0.2) is 48.8 Å². The molecule has 1 fully saturated rings. The number of aryl methyl sites for hydroxylation is 1. The van der Waals surface area contributed by atoms with E-state index in [0.29, 0.717) is 36.3 Å². The van der Waals surface area contributed by atoms with Crippen molar-refractivity contribution in [2.24, 2.45) is 0 Å². The summed E-state index contributed by atoms with van der Waals surface area (Å²) in [6.45, 7) is 1.96. The molecule has 7 nitrogen and oxygen atoms in total. The zero-order valence-corrected chi connectivity index (χ0v) is 21.5. The number of hydrogen-bond donors (Lipinski definition) is 4. The second-order valence-electron chi connectivity index (χ2n) is 9.70. The molecular weight excluding hydrogens is 519 g/mol. The first-order valence-electron chi connectivity index (χ1n) is 12.3. The molecule has 4 N–H and O–H groups in total. The van der Waals surface area contributed by atoms with Gasteiger partial charge in [-0.1, -0.05) is 18.2 Å². The van der Waals surface area contributed by atoms with Crippen LogP contribution in [0.5, 0.6) is 0 Å². The number of hydrogen-bond acceptors (Lipinski definition) is 6. The number of alkyl halides is 3. The number of aliphatic hydroxyl groups is 1. The summed E-state index contributed by atoms with van der Waals surface area (Å²) in [7, 11) is 0. The third-order valence-electron chi connectivity index (χ3n) is 6.96. The Morgan fingerprint density at radius 1 is 1.08 bits per heavy atom. The average Bonchev–Trinajstić information content (AvgIpc) is 3.30. The Kier molecular flexibility index (Phi) is 8.25. The first-order chi connectivity index (χ1) is 17.7. The van der Waals surface area contributed by atoms with Gasteiger partial charge >= 0.3 is 6.18 Å². The largest absolute Gasteiger partial charge is 0.416 e. The Bertz CT molecular complexity index is 1320. The molecule has 2 aliphatic rings. The van der Waals surface area contributed by atoms with Crippen molar-refractivity contribution in [3.63, 3.8) is 0 Å². The highest BCUT2D eigenvalue weighted by Crippen LogP contribution is 2.36. The molecule has 1 aliphatic heterocycles. The molecule has 2 aromatic carbocycles. The zero-order chi connectivity index (χ0) is 26.2. The van der Waals surface area contributed by atoms with Crippen molar-refractivity contribution in [1.29, 1.82) is 0 Å². The van der Waals surface area contributed by atoms with Gasteiger partial charge in [0, 0.05) is 29.8 Å². The van der Waals surface area contributed by atoms with Gasteiger partial charge in [0.15, 0.2) is 0 Å². The summed E-state index contributed by atoms with van der Waals surface area (Å²) in [6, 6.07) is 10.4. The van der Waals surface area contributed by atoms with E-state index in [0.717, 1.165) is 41.8 Å². The minimum absolute atomic E-state index is 0. The lowest BCUT2D eigenvalue weighted by atomic mass is 9.88. The highest BCUT2D eigenvalue weighted by atomic mass is 35.5. The molecule has 3 atom stereocenters. The molecule has 1 aromatic heterocycles. The molecule has 0 spiro atoms. The minimum atomic E-state index is -4.56. The van der Waals surface area contributed by atoms with Crippen LogP contribution in [0.4, 0.5) is 30.4 Å². The number of aliphatic hydroxyl groups excluding tert-OH is 1. The van der Waals surface area contributed by atoms with Gasteiger partial charge in [0.05, 0.1) is 29.1 Å². The van der Waals surface area contributed by atoms with E-state index in [-0.39, 0.29) is 30.0 Å². The summed E-state index contributed by atoms with van der Waals surface area (Å²) in [5.41, 5.74) is 2.87. The van der Waals surface area contributed by atoms with Crippen LogP contribution in [0.3, 0.4) is 0 Å². The second kappa shape index (κ2) is 11.3. The lowest BCUT2D eigenvalue weighted by Crippen LogP contribution is -2.38. The van der Waals surface area contributed by atoms with E-state index in [2.05, 4.69) is 25.9 Å². The number of rotatable bonds is 5. The predicted molar refractivity (Wildman–Crippen MR) is 142 cm³/mol. The van der Waals surface area contributed by atoms with E-state index in [4.69, 9.17) is 0 Å². The summed E-state index contributed by atoms with van der Waals surface area (Å²) in [5, 5.41) is 19.3. The second-order valence-corrected chi connectivity index (χ2v) is 9.70. The van der Waals surface area contributed by atoms with Crippen molar-refractivity contribution in [3.05, 3.63) is 65.5 Å². The molecule has 2 heterocycles. The van der Waals surface area contributed by atoms with Crippen molar-refractivity contribution in [2.75, 3.05) is 10.6 Å². The number of anilines is 3. The number of aromatic nitrogens is 2. The number of halogens is 4. The molecule has 3 aromatic rings. The fourth-order valence-corrected chi connectivity index (χ4v) is 5.00. The van der Waals surface area contributed by atoms with E-state index in [1.165, 1.54) is 12.4 Å². The van der Waals surface area contributed by atoms with Crippen molar-refractivity contribution >= 4 is 35.5 Å². The monoisotopic (exact) mass is 547 g/mol. The van der Waals surface area contributed by atoms with Crippen LogP contribution >= 0.6 is 12.4 Å². The van der Waals surface area contributed by atoms with Crippen molar-refractivity contribution in [2.45, 2.75) is 63.4 Å². The van der Waals surface area contributed by atoms with Gasteiger partial charge in [-0.05, 0) is 61.9 Å². The number of carbonyl (C=O) groups is 1. The lowest BCUT2D eigenvalue weighted by molar-refractivity contribution is -0.137. The van der Waals surface area contributed by atoms with Crippen LogP contribution in [0.1, 0.15) is 42.9 Å². The number of nitrogens with zero attached hydrogens (tertiary/aromatic N) is 2. The molecule has 1 aliphatic carbocycles. The van der Waals surface area contributed by atoms with Gasteiger partial charge in [-0.15, -0.1) is 12.4 Å². The first kappa shape index (κ1) is 27.8. The van der Waals surface area contributed by atoms with Gasteiger partial charge in [-0.3, -0.25) is 4.79 Å². The molecule has 202 valence electrons. The summed E-state index contributed by atoms with van der Waals surface area (Å²) >= 11 is 0. The Morgan fingerprint density at radius 2 is 1.89 bits per heavy atom. The number of amides is 1. The standard InChI is InChI=1S/C27H28F3N5O2.ClH/c1-15-5-10-22(33-15)26(37)35-24-11-17(27(28,29)30)7-9-19(24)23-13-25(32-14-31-23)34-21-4-2-3-16-6-8-18(36)12-20(16)21;/h2-4,7,9,11,13-15,18,22,33,36H,5-6,8,10,12H2,1H3,(H,35,37)(H,31,32,34);1H/t15?,18?,22-;/m0./s1. The molecule has 5 rings (SSSR count). The van der Waals surface area contributed by atoms with E-state index in [1.54, 1.807) is 6.07 Å². The maximum atomic E-state index is 13.5. The summed E-state index contributed by atoms with van der Waals surface area (Å²) in [4.78, 5) is 21.4. The fourth-order valence-electron chi connectivity index (χ4n) is 5.00. The summed E-state index contributed by atoms with van der Waals surface area (Å²) in [6.07, 6.45) is -0.200. The predicted octanol–water partition coefficient (Wildman–Crippen LogP) is 5.26. The van der Waals surface area contributed by atoms with Crippen LogP contribution in [0, 0.1) is 0 Å². The van der Waals surface area contributed by atoms with Crippen molar-refractivity contribution < 1.29 is 23.1 Å². The smallest absolute Gasteiger partial charge is 0.393 e. The summed E-state index contributed by atoms with van der Waals surface area (Å²) in [5.74, 6) is 0.0636. The number of nitrogens with one attached hydrogen (secondary N) is 3. The molecule has 0 radical (unpaired) electrons. The van der Waals surface area contributed by atoms with Gasteiger partial charge in [0.25, 0.3) is 0 Å². The number of carbonyl (C=O) groups excluding carboxylic acids is 1. The van der Waals surface area contributed by atoms with E-state index in [9.17, 15) is 23.1 Å². The van der Waals surface area contributed by atoms with Crippen LogP contribution < -0.4 is 16.0 Å². The Hall–Kier alpha value is -3.21. The molecule has 1 saturated heterocycles. The Balaban J connectivity index is 0.00000336. The molecule has 0 bridgehead atoms. The van der Waals surface area contributed by atoms with Gasteiger partial charge in [-0.2, -0.15) is 13.2 Å². The third-order valence-corrected chi connectivity index (χ3v) is 6.96. The van der Waals surface area contributed by atoms with Crippen LogP contribution in [-0.4, -0.2) is 39.2 Å². The number of fused-ring (bicyclic) bond motifs is 1. The molecule has 38 heavy (non-hydrogen) atoms. The Labute approximate surface area is 224 Å². The summed E-state index contributed by atoms with van der Waals surface area (Å²) < 4.78 is 40.5. The normalized spacial score (nSPS) is 20.8. The van der Waals surface area contributed by atoms with Gasteiger partial charge < -0.3 is 21.1 Å². The minimum Gasteiger partial charge on any atom is -0.393 e. The topological polar surface area (TPSA) is 99.2 Å². The lowest BCUT2D eigenvalue weighted by Gasteiger charge is -2.23. The maximum Gasteiger partial charge on any atom is 0.416 e. The van der Waals surface area contributed by atoms with Crippen LogP contribution in [0.25, 0.3) is 11.3 Å². The van der Waals surface area contributed by atoms with Crippen molar-refractivity contribution in [1.82, 2.24) is 15.3 Å². The van der Waals surface area contributed by atoms with Gasteiger partial charge in [0.2, 0.25) is 5.91 Å².